The number of hydrogen-bond donors (Lipinski definition) is 1. The van der Waals surface area contributed by atoms with Crippen molar-refractivity contribution in [2.75, 3.05) is 27.2 Å². The molecule has 0 spiro atoms. The molecule has 3 nitrogen and oxygen atoms in total. The summed E-state index contributed by atoms with van der Waals surface area (Å²) in [5.41, 5.74) is 2.93. The largest absolute Gasteiger partial charge is 0.497 e. The Morgan fingerprint density at radius 1 is 1.38 bits per heavy atom. The van der Waals surface area contributed by atoms with Gasteiger partial charge in [0, 0.05) is 12.1 Å². The molecule has 1 N–H and O–H groups in total. The number of ether oxygens (including phenoxy) is 1. The second-order valence-corrected chi connectivity index (χ2v) is 6.39. The lowest BCUT2D eigenvalue weighted by atomic mass is 9.87. The summed E-state index contributed by atoms with van der Waals surface area (Å²) in [4.78, 5) is 2.40. The van der Waals surface area contributed by atoms with Crippen LogP contribution in [0.3, 0.4) is 0 Å². The maximum Gasteiger partial charge on any atom is 0.119 e. The van der Waals surface area contributed by atoms with Crippen molar-refractivity contribution in [2.45, 2.75) is 51.6 Å². The third-order valence-electron chi connectivity index (χ3n) is 4.62. The van der Waals surface area contributed by atoms with Crippen LogP contribution in [-0.4, -0.2) is 38.2 Å². The molecule has 0 aliphatic heterocycles. The van der Waals surface area contributed by atoms with E-state index in [1.807, 2.05) is 0 Å². The molecule has 1 aromatic carbocycles. The Labute approximate surface area is 129 Å². The Morgan fingerprint density at radius 2 is 2.19 bits per heavy atom. The van der Waals surface area contributed by atoms with Crippen LogP contribution < -0.4 is 10.1 Å². The average Bonchev–Trinajstić information content (AvgIpc) is 2.50. The van der Waals surface area contributed by atoms with E-state index in [4.69, 9.17) is 4.74 Å². The highest BCUT2D eigenvalue weighted by molar-refractivity contribution is 5.39. The van der Waals surface area contributed by atoms with Gasteiger partial charge in [-0.15, -0.1) is 0 Å². The van der Waals surface area contributed by atoms with Gasteiger partial charge < -0.3 is 15.0 Å². The number of rotatable bonds is 7. The number of benzene rings is 1. The summed E-state index contributed by atoms with van der Waals surface area (Å²) in [6.07, 6.45) is 4.90. The molecule has 3 heteroatoms. The van der Waals surface area contributed by atoms with E-state index in [0.29, 0.717) is 12.1 Å². The number of methoxy groups -OCH3 is 1. The van der Waals surface area contributed by atoms with Gasteiger partial charge in [0.1, 0.15) is 5.75 Å². The van der Waals surface area contributed by atoms with Gasteiger partial charge in [0.05, 0.1) is 7.11 Å². The molecule has 0 heterocycles. The van der Waals surface area contributed by atoms with E-state index in [2.05, 4.69) is 49.3 Å². The fourth-order valence-corrected chi connectivity index (χ4v) is 2.99. The summed E-state index contributed by atoms with van der Waals surface area (Å²) >= 11 is 0. The second-order valence-electron chi connectivity index (χ2n) is 6.39. The molecule has 0 fully saturated rings. The maximum absolute atomic E-state index is 5.34. The minimum Gasteiger partial charge on any atom is -0.497 e. The lowest BCUT2D eigenvalue weighted by Gasteiger charge is -2.27. The Morgan fingerprint density at radius 3 is 2.90 bits per heavy atom. The van der Waals surface area contributed by atoms with Crippen molar-refractivity contribution >= 4 is 0 Å². The topological polar surface area (TPSA) is 24.5 Å². The summed E-state index contributed by atoms with van der Waals surface area (Å²) in [6, 6.07) is 7.68. The van der Waals surface area contributed by atoms with Gasteiger partial charge in [0.25, 0.3) is 0 Å². The first-order valence-corrected chi connectivity index (χ1v) is 8.22. The predicted octanol–water partition coefficient (Wildman–Crippen LogP) is 3.39. The summed E-state index contributed by atoms with van der Waals surface area (Å²) < 4.78 is 5.34. The van der Waals surface area contributed by atoms with Crippen LogP contribution >= 0.6 is 0 Å². The van der Waals surface area contributed by atoms with Gasteiger partial charge in [0.15, 0.2) is 0 Å². The van der Waals surface area contributed by atoms with E-state index in [0.717, 1.165) is 18.8 Å². The van der Waals surface area contributed by atoms with E-state index >= 15 is 0 Å². The van der Waals surface area contributed by atoms with Crippen molar-refractivity contribution in [3.8, 4) is 5.75 Å². The summed E-state index contributed by atoms with van der Waals surface area (Å²) in [7, 11) is 3.94. The highest BCUT2D eigenvalue weighted by Gasteiger charge is 2.19. The molecular weight excluding hydrogens is 260 g/mol. The van der Waals surface area contributed by atoms with E-state index in [1.54, 1.807) is 7.11 Å². The molecular formula is C18H30N2O. The molecule has 0 aromatic heterocycles. The average molecular weight is 290 g/mol. The summed E-state index contributed by atoms with van der Waals surface area (Å²) in [5.74, 6) is 0.980. The Hall–Kier alpha value is -1.06. The smallest absolute Gasteiger partial charge is 0.119 e. The summed E-state index contributed by atoms with van der Waals surface area (Å²) in [6.45, 7) is 6.75. The van der Waals surface area contributed by atoms with Crippen molar-refractivity contribution < 1.29 is 4.74 Å². The molecule has 1 unspecified atom stereocenters. The first-order valence-electron chi connectivity index (χ1n) is 8.22. The molecule has 1 atom stereocenters. The van der Waals surface area contributed by atoms with Crippen molar-refractivity contribution in [1.29, 1.82) is 0 Å². The molecule has 0 saturated carbocycles. The van der Waals surface area contributed by atoms with Gasteiger partial charge in [-0.3, -0.25) is 0 Å². The maximum atomic E-state index is 5.34. The lowest BCUT2D eigenvalue weighted by Crippen LogP contribution is -2.31. The molecule has 0 amide bonds. The minimum absolute atomic E-state index is 0.518. The van der Waals surface area contributed by atoms with Crippen LogP contribution in [-0.2, 0) is 6.42 Å². The molecule has 118 valence electrons. The number of aryl methyl sites for hydroxylation is 1. The van der Waals surface area contributed by atoms with Crippen LogP contribution in [0, 0.1) is 0 Å². The number of hydrogen-bond acceptors (Lipinski definition) is 3. The number of nitrogens with zero attached hydrogens (tertiary/aromatic N) is 1. The zero-order valence-corrected chi connectivity index (χ0v) is 14.0. The molecule has 21 heavy (non-hydrogen) atoms. The van der Waals surface area contributed by atoms with Gasteiger partial charge >= 0.3 is 0 Å². The normalized spacial score (nSPS) is 18.1. The minimum atomic E-state index is 0.518. The molecule has 0 radical (unpaired) electrons. The van der Waals surface area contributed by atoms with Crippen LogP contribution in [0.2, 0.25) is 0 Å². The monoisotopic (exact) mass is 290 g/mol. The fraction of sp³-hybridized carbons (Fsp3) is 0.667. The molecule has 1 aromatic rings. The predicted molar refractivity (Wildman–Crippen MR) is 89.1 cm³/mol. The molecule has 2 rings (SSSR count). The van der Waals surface area contributed by atoms with E-state index in [-0.39, 0.29) is 0 Å². The highest BCUT2D eigenvalue weighted by Crippen LogP contribution is 2.32. The third kappa shape index (κ3) is 4.45. The zero-order chi connectivity index (χ0) is 15.2. The van der Waals surface area contributed by atoms with Crippen LogP contribution in [0.1, 0.15) is 50.3 Å². The molecule has 0 saturated heterocycles. The first-order chi connectivity index (χ1) is 10.1. The summed E-state index contributed by atoms with van der Waals surface area (Å²) in [5, 5.41) is 3.74. The van der Waals surface area contributed by atoms with E-state index in [9.17, 15) is 0 Å². The Kier molecular flexibility index (Phi) is 6.07. The quantitative estimate of drug-likeness (QED) is 0.779. The van der Waals surface area contributed by atoms with Gasteiger partial charge in [-0.1, -0.05) is 6.07 Å². The molecule has 1 aliphatic rings. The van der Waals surface area contributed by atoms with Gasteiger partial charge in [-0.25, -0.2) is 0 Å². The standard InChI is InChI=1S/C18H30N2O/c1-14(2)20(3)12-6-11-19-18-8-5-7-15-13-16(21-4)9-10-17(15)18/h9-10,13-14,18-19H,5-8,11-12H2,1-4H3. The van der Waals surface area contributed by atoms with Gasteiger partial charge in [0.2, 0.25) is 0 Å². The van der Waals surface area contributed by atoms with Crippen molar-refractivity contribution in [3.63, 3.8) is 0 Å². The lowest BCUT2D eigenvalue weighted by molar-refractivity contribution is 0.267. The number of fused-ring (bicyclic) bond motifs is 1. The zero-order valence-electron chi connectivity index (χ0n) is 14.0. The third-order valence-corrected chi connectivity index (χ3v) is 4.62. The van der Waals surface area contributed by atoms with Gasteiger partial charge in [-0.05, 0) is 82.9 Å². The van der Waals surface area contributed by atoms with Crippen molar-refractivity contribution in [1.82, 2.24) is 10.2 Å². The SMILES string of the molecule is COc1ccc2c(c1)CCCC2NCCCN(C)C(C)C. The first kappa shape index (κ1) is 16.3. The molecule has 0 bridgehead atoms. The number of nitrogens with one attached hydrogen (secondary N) is 1. The van der Waals surface area contributed by atoms with Gasteiger partial charge in [-0.2, -0.15) is 0 Å². The molecule has 1 aliphatic carbocycles. The van der Waals surface area contributed by atoms with E-state index < -0.39 is 0 Å². The van der Waals surface area contributed by atoms with Crippen LogP contribution in [0.4, 0.5) is 0 Å². The van der Waals surface area contributed by atoms with Crippen LogP contribution in [0.15, 0.2) is 18.2 Å². The van der Waals surface area contributed by atoms with Crippen molar-refractivity contribution in [3.05, 3.63) is 29.3 Å². The van der Waals surface area contributed by atoms with E-state index in [1.165, 1.54) is 36.8 Å². The van der Waals surface area contributed by atoms with Crippen LogP contribution in [0.5, 0.6) is 5.75 Å². The Balaban J connectivity index is 1.86. The van der Waals surface area contributed by atoms with Crippen molar-refractivity contribution in [2.24, 2.45) is 0 Å². The second kappa shape index (κ2) is 7.81. The highest BCUT2D eigenvalue weighted by atomic mass is 16.5. The fourth-order valence-electron chi connectivity index (χ4n) is 2.99. The Bertz CT molecular complexity index is 445. The van der Waals surface area contributed by atoms with Crippen LogP contribution in [0.25, 0.3) is 0 Å².